The summed E-state index contributed by atoms with van der Waals surface area (Å²) in [5.41, 5.74) is 0.968. The Morgan fingerprint density at radius 1 is 1.21 bits per heavy atom. The van der Waals surface area contributed by atoms with Gasteiger partial charge in [0, 0.05) is 23.9 Å². The molecule has 2 fully saturated rings. The van der Waals surface area contributed by atoms with Gasteiger partial charge in [0.25, 0.3) is 0 Å². The molecule has 0 spiro atoms. The molecular weight excluding hydrogens is 376 g/mol. The van der Waals surface area contributed by atoms with Gasteiger partial charge >= 0.3 is 5.97 Å². The average Bonchev–Trinajstić information content (AvgIpc) is 3.32. The summed E-state index contributed by atoms with van der Waals surface area (Å²) >= 11 is 0. The maximum Gasteiger partial charge on any atom is 0.338 e. The zero-order chi connectivity index (χ0) is 19.9. The van der Waals surface area contributed by atoms with E-state index in [0.29, 0.717) is 24.5 Å². The lowest BCUT2D eigenvalue weighted by atomic mass is 9.69. The Hall–Kier alpha value is -2.87. The molecular formula is C21H20N2O6. The van der Waals surface area contributed by atoms with Gasteiger partial charge in [-0.1, -0.05) is 6.92 Å². The van der Waals surface area contributed by atoms with Crippen molar-refractivity contribution < 1.29 is 28.9 Å². The highest BCUT2D eigenvalue weighted by molar-refractivity contribution is 5.89. The van der Waals surface area contributed by atoms with Crippen molar-refractivity contribution in [3.8, 4) is 11.5 Å². The molecule has 1 N–H and O–H groups in total. The molecule has 2 saturated heterocycles. The smallest absolute Gasteiger partial charge is 0.338 e. The van der Waals surface area contributed by atoms with Crippen molar-refractivity contribution in [1.29, 1.82) is 0 Å². The number of amides is 1. The molecule has 4 aliphatic heterocycles. The first-order chi connectivity index (χ1) is 14.0. The van der Waals surface area contributed by atoms with Gasteiger partial charge in [0.15, 0.2) is 17.1 Å². The summed E-state index contributed by atoms with van der Waals surface area (Å²) in [4.78, 5) is 32.2. The Kier molecular flexibility index (Phi) is 3.29. The SMILES string of the molecule is CC[C@@]1(O)C(=O)OCC2C(=O)N3Cc4cc5cc6c(cc5nc4C3CC21)OCO6. The van der Waals surface area contributed by atoms with Crippen LogP contribution in [0.5, 0.6) is 11.5 Å². The normalized spacial score (nSPS) is 32.1. The number of cyclic esters (lactones) is 1. The van der Waals surface area contributed by atoms with E-state index in [-0.39, 0.29) is 31.8 Å². The molecule has 0 aliphatic carbocycles. The predicted molar refractivity (Wildman–Crippen MR) is 99.0 cm³/mol. The van der Waals surface area contributed by atoms with Crippen LogP contribution >= 0.6 is 0 Å². The molecule has 3 unspecified atom stereocenters. The summed E-state index contributed by atoms with van der Waals surface area (Å²) in [5, 5.41) is 11.9. The average molecular weight is 396 g/mol. The Balaban J connectivity index is 1.44. The molecule has 0 saturated carbocycles. The summed E-state index contributed by atoms with van der Waals surface area (Å²) < 4.78 is 16.1. The van der Waals surface area contributed by atoms with Crippen molar-refractivity contribution in [3.63, 3.8) is 0 Å². The lowest BCUT2D eigenvalue weighted by Crippen LogP contribution is -2.61. The topological polar surface area (TPSA) is 98.2 Å². The first-order valence-corrected chi connectivity index (χ1v) is 9.93. The number of aliphatic hydroxyl groups is 1. The second-order valence-corrected chi connectivity index (χ2v) is 8.24. The number of hydrogen-bond acceptors (Lipinski definition) is 7. The third-order valence-electron chi connectivity index (χ3n) is 6.92. The lowest BCUT2D eigenvalue weighted by molar-refractivity contribution is -0.202. The van der Waals surface area contributed by atoms with Gasteiger partial charge in [-0.2, -0.15) is 0 Å². The van der Waals surface area contributed by atoms with Crippen LogP contribution in [0.2, 0.25) is 0 Å². The van der Waals surface area contributed by atoms with Crippen LogP contribution < -0.4 is 9.47 Å². The number of hydrogen-bond donors (Lipinski definition) is 1. The van der Waals surface area contributed by atoms with Gasteiger partial charge < -0.3 is 24.2 Å². The van der Waals surface area contributed by atoms with Crippen LogP contribution in [0, 0.1) is 11.8 Å². The van der Waals surface area contributed by atoms with Crippen LogP contribution in [0.4, 0.5) is 0 Å². The van der Waals surface area contributed by atoms with Crippen LogP contribution in [0.1, 0.15) is 37.1 Å². The number of nitrogens with zero attached hydrogens (tertiary/aromatic N) is 2. The number of piperidine rings is 1. The van der Waals surface area contributed by atoms with Gasteiger partial charge in [0.1, 0.15) is 6.61 Å². The van der Waals surface area contributed by atoms with Gasteiger partial charge in [0.2, 0.25) is 12.7 Å². The van der Waals surface area contributed by atoms with E-state index in [0.717, 1.165) is 22.2 Å². The largest absolute Gasteiger partial charge is 0.463 e. The van der Waals surface area contributed by atoms with Crippen molar-refractivity contribution in [1.82, 2.24) is 9.88 Å². The molecule has 1 amide bonds. The van der Waals surface area contributed by atoms with E-state index in [2.05, 4.69) is 0 Å². The Morgan fingerprint density at radius 2 is 2.00 bits per heavy atom. The van der Waals surface area contributed by atoms with Crippen molar-refractivity contribution in [3.05, 3.63) is 29.5 Å². The number of rotatable bonds is 1. The van der Waals surface area contributed by atoms with Crippen LogP contribution in [0.3, 0.4) is 0 Å². The minimum absolute atomic E-state index is 0.0288. The standard InChI is InChI=1S/C21H20N2O6/c1-2-21(26)13-5-15-18-11(7-23(15)19(24)12(13)8-27-20(21)25)3-10-4-16-17(29-9-28-16)6-14(10)22-18/h3-4,6,12-13,15,26H,2,5,7-9H2,1H3/t12?,13?,15?,21-/m0/s1. The summed E-state index contributed by atoms with van der Waals surface area (Å²) in [6.07, 6.45) is 0.709. The molecule has 2 aromatic rings. The number of carbonyl (C=O) groups excluding carboxylic acids is 2. The Morgan fingerprint density at radius 3 is 2.79 bits per heavy atom. The van der Waals surface area contributed by atoms with E-state index in [9.17, 15) is 14.7 Å². The first-order valence-electron chi connectivity index (χ1n) is 9.93. The van der Waals surface area contributed by atoms with Crippen molar-refractivity contribution in [2.24, 2.45) is 11.8 Å². The molecule has 6 rings (SSSR count). The van der Waals surface area contributed by atoms with Gasteiger partial charge in [0.05, 0.1) is 23.2 Å². The number of ether oxygens (including phenoxy) is 3. The second-order valence-electron chi connectivity index (χ2n) is 8.24. The highest BCUT2D eigenvalue weighted by Crippen LogP contribution is 2.50. The van der Waals surface area contributed by atoms with Gasteiger partial charge in [-0.05, 0) is 30.5 Å². The van der Waals surface area contributed by atoms with Gasteiger partial charge in [-0.25, -0.2) is 4.79 Å². The van der Waals surface area contributed by atoms with Crippen LogP contribution in [-0.2, 0) is 20.9 Å². The fourth-order valence-corrected chi connectivity index (χ4v) is 5.30. The Labute approximate surface area is 166 Å². The lowest BCUT2D eigenvalue weighted by Gasteiger charge is -2.48. The fraction of sp³-hybridized carbons (Fsp3) is 0.476. The maximum atomic E-state index is 13.2. The third-order valence-corrected chi connectivity index (χ3v) is 6.92. The predicted octanol–water partition coefficient (Wildman–Crippen LogP) is 1.68. The van der Waals surface area contributed by atoms with Crippen molar-refractivity contribution in [2.75, 3.05) is 13.4 Å². The van der Waals surface area contributed by atoms with Crippen molar-refractivity contribution >= 4 is 22.8 Å². The van der Waals surface area contributed by atoms with E-state index in [1.807, 2.05) is 23.1 Å². The van der Waals surface area contributed by atoms with E-state index >= 15 is 0 Å². The second kappa shape index (κ2) is 5.60. The van der Waals surface area contributed by atoms with Gasteiger partial charge in [-0.15, -0.1) is 0 Å². The quantitative estimate of drug-likeness (QED) is 0.733. The van der Waals surface area contributed by atoms with E-state index in [1.165, 1.54) is 0 Å². The molecule has 0 radical (unpaired) electrons. The molecule has 8 heteroatoms. The monoisotopic (exact) mass is 396 g/mol. The molecule has 29 heavy (non-hydrogen) atoms. The van der Waals surface area contributed by atoms with Crippen LogP contribution in [0.15, 0.2) is 18.2 Å². The van der Waals surface area contributed by atoms with E-state index < -0.39 is 23.4 Å². The molecule has 1 aromatic carbocycles. The van der Waals surface area contributed by atoms with E-state index in [1.54, 1.807) is 6.92 Å². The summed E-state index contributed by atoms with van der Waals surface area (Å²) in [5.74, 6) is -0.330. The highest BCUT2D eigenvalue weighted by Gasteiger charge is 2.59. The zero-order valence-electron chi connectivity index (χ0n) is 15.9. The summed E-state index contributed by atoms with van der Waals surface area (Å²) in [6.45, 7) is 2.45. The highest BCUT2D eigenvalue weighted by atomic mass is 16.7. The van der Waals surface area contributed by atoms with Gasteiger partial charge in [-0.3, -0.25) is 9.78 Å². The number of aromatic nitrogens is 1. The Bertz CT molecular complexity index is 1080. The van der Waals surface area contributed by atoms with Crippen LogP contribution in [-0.4, -0.2) is 45.9 Å². The third kappa shape index (κ3) is 2.15. The minimum atomic E-state index is -1.63. The number of pyridine rings is 1. The van der Waals surface area contributed by atoms with Crippen molar-refractivity contribution in [2.45, 2.75) is 38.0 Å². The minimum Gasteiger partial charge on any atom is -0.463 e. The van der Waals surface area contributed by atoms with Crippen LogP contribution in [0.25, 0.3) is 10.9 Å². The molecule has 8 nitrogen and oxygen atoms in total. The maximum absolute atomic E-state index is 13.2. The number of benzene rings is 1. The molecule has 4 aliphatic rings. The molecule has 150 valence electrons. The molecule has 5 heterocycles. The summed E-state index contributed by atoms with van der Waals surface area (Å²) in [7, 11) is 0. The molecule has 0 bridgehead atoms. The molecule has 4 atom stereocenters. The fourth-order valence-electron chi connectivity index (χ4n) is 5.30. The number of carbonyl (C=O) groups is 2. The zero-order valence-corrected chi connectivity index (χ0v) is 15.9. The van der Waals surface area contributed by atoms with E-state index in [4.69, 9.17) is 19.2 Å². The first kappa shape index (κ1) is 17.0. The summed E-state index contributed by atoms with van der Waals surface area (Å²) in [6, 6.07) is 5.56. The number of fused-ring (bicyclic) bond motifs is 6. The molecule has 1 aromatic heterocycles. The number of esters is 1.